The van der Waals surface area contributed by atoms with Crippen LogP contribution in [0.4, 0.5) is 10.1 Å². The van der Waals surface area contributed by atoms with E-state index < -0.39 is 30.2 Å². The lowest BCUT2D eigenvalue weighted by Gasteiger charge is -2.13. The quantitative estimate of drug-likeness (QED) is 0.595. The second-order valence-electron chi connectivity index (χ2n) is 5.82. The van der Waals surface area contributed by atoms with Crippen LogP contribution in [0.1, 0.15) is 10.4 Å². The first-order valence-corrected chi connectivity index (χ1v) is 8.67. The van der Waals surface area contributed by atoms with Crippen LogP contribution in [-0.4, -0.2) is 52.3 Å². The number of amides is 2. The Hall–Kier alpha value is -3.82. The molecular formula is C20H21FN2O7. The largest absolute Gasteiger partial charge is 0.496 e. The van der Waals surface area contributed by atoms with Gasteiger partial charge in [-0.2, -0.15) is 0 Å². The van der Waals surface area contributed by atoms with E-state index in [0.29, 0.717) is 11.4 Å². The van der Waals surface area contributed by atoms with Crippen LogP contribution in [0.2, 0.25) is 0 Å². The highest BCUT2D eigenvalue weighted by atomic mass is 19.1. The first-order valence-electron chi connectivity index (χ1n) is 8.67. The summed E-state index contributed by atoms with van der Waals surface area (Å²) in [5.41, 5.74) is 0.416. The molecule has 0 saturated carbocycles. The van der Waals surface area contributed by atoms with Crippen LogP contribution in [0.25, 0.3) is 0 Å². The van der Waals surface area contributed by atoms with Crippen LogP contribution in [-0.2, 0) is 14.3 Å². The molecule has 0 saturated heterocycles. The van der Waals surface area contributed by atoms with Crippen LogP contribution < -0.4 is 24.8 Å². The summed E-state index contributed by atoms with van der Waals surface area (Å²) in [6.07, 6.45) is 0. The van der Waals surface area contributed by atoms with Crippen molar-refractivity contribution in [3.63, 3.8) is 0 Å². The second kappa shape index (κ2) is 10.6. The highest BCUT2D eigenvalue weighted by Crippen LogP contribution is 2.34. The molecule has 0 aliphatic rings. The van der Waals surface area contributed by atoms with Crippen molar-refractivity contribution in [3.8, 4) is 17.2 Å². The van der Waals surface area contributed by atoms with Gasteiger partial charge in [0.05, 0.1) is 27.9 Å². The summed E-state index contributed by atoms with van der Waals surface area (Å²) >= 11 is 0. The zero-order chi connectivity index (χ0) is 22.1. The van der Waals surface area contributed by atoms with Crippen LogP contribution in [0.15, 0.2) is 36.4 Å². The molecule has 2 aromatic carbocycles. The number of rotatable bonds is 9. The fraction of sp³-hybridized carbons (Fsp3) is 0.250. The number of carbonyl (C=O) groups is 3. The van der Waals surface area contributed by atoms with Crippen LogP contribution >= 0.6 is 0 Å². The third kappa shape index (κ3) is 6.09. The maximum atomic E-state index is 12.8. The van der Waals surface area contributed by atoms with Crippen molar-refractivity contribution >= 4 is 23.5 Å². The van der Waals surface area contributed by atoms with E-state index in [1.807, 2.05) is 0 Å². The van der Waals surface area contributed by atoms with Crippen LogP contribution in [0.5, 0.6) is 17.2 Å². The van der Waals surface area contributed by atoms with Crippen molar-refractivity contribution in [2.75, 3.05) is 39.8 Å². The lowest BCUT2D eigenvalue weighted by molar-refractivity contribution is -0.126. The molecular weight excluding hydrogens is 399 g/mol. The number of carbonyl (C=O) groups excluding carboxylic acids is 3. The highest BCUT2D eigenvalue weighted by molar-refractivity contribution is 5.96. The van der Waals surface area contributed by atoms with Gasteiger partial charge in [-0.25, -0.2) is 9.18 Å². The van der Waals surface area contributed by atoms with Gasteiger partial charge in [0.25, 0.3) is 5.91 Å². The Bertz CT molecular complexity index is 916. The van der Waals surface area contributed by atoms with E-state index in [1.54, 1.807) is 0 Å². The molecule has 0 heterocycles. The van der Waals surface area contributed by atoms with Gasteiger partial charge in [0.2, 0.25) is 5.91 Å². The number of benzene rings is 2. The maximum absolute atomic E-state index is 12.8. The van der Waals surface area contributed by atoms with Crippen LogP contribution in [0.3, 0.4) is 0 Å². The van der Waals surface area contributed by atoms with Crippen molar-refractivity contribution in [2.24, 2.45) is 0 Å². The average molecular weight is 420 g/mol. The third-order valence-corrected chi connectivity index (χ3v) is 3.83. The van der Waals surface area contributed by atoms with Gasteiger partial charge >= 0.3 is 5.97 Å². The Labute approximate surface area is 172 Å². The Balaban J connectivity index is 1.87. The fourth-order valence-electron chi connectivity index (χ4n) is 2.37. The van der Waals surface area contributed by atoms with Crippen molar-refractivity contribution < 1.29 is 37.7 Å². The lowest BCUT2D eigenvalue weighted by atomic mass is 10.1. The molecule has 0 aromatic heterocycles. The van der Waals surface area contributed by atoms with Gasteiger partial charge in [0.1, 0.15) is 17.1 Å². The molecule has 0 aliphatic heterocycles. The monoisotopic (exact) mass is 420 g/mol. The first-order chi connectivity index (χ1) is 14.4. The standard InChI is InChI=1S/C20H21FN2O7/c1-27-15-9-17(29-3)16(28-2)8-14(15)20(26)30-11-19(25)22-10-18(24)23-13-6-4-12(21)5-7-13/h4-9H,10-11H2,1-3H3,(H,22,25)(H,23,24). The van der Waals surface area contributed by atoms with Gasteiger partial charge in [-0.15, -0.1) is 0 Å². The molecule has 30 heavy (non-hydrogen) atoms. The van der Waals surface area contributed by atoms with E-state index in [4.69, 9.17) is 18.9 Å². The van der Waals surface area contributed by atoms with E-state index in [1.165, 1.54) is 57.7 Å². The maximum Gasteiger partial charge on any atom is 0.342 e. The van der Waals surface area contributed by atoms with Gasteiger partial charge in [-0.3, -0.25) is 9.59 Å². The van der Waals surface area contributed by atoms with Gasteiger partial charge in [0, 0.05) is 17.8 Å². The second-order valence-corrected chi connectivity index (χ2v) is 5.82. The summed E-state index contributed by atoms with van der Waals surface area (Å²) in [5, 5.41) is 4.80. The molecule has 0 fully saturated rings. The number of hydrogen-bond donors (Lipinski definition) is 2. The summed E-state index contributed by atoms with van der Waals surface area (Å²) in [4.78, 5) is 36.0. The molecule has 0 radical (unpaired) electrons. The minimum atomic E-state index is -0.821. The number of ether oxygens (including phenoxy) is 4. The summed E-state index contributed by atoms with van der Waals surface area (Å²) in [6.45, 7) is -0.965. The topological polar surface area (TPSA) is 112 Å². The molecule has 0 atom stereocenters. The van der Waals surface area contributed by atoms with Crippen molar-refractivity contribution in [3.05, 3.63) is 47.8 Å². The Morgan fingerprint density at radius 1 is 0.867 bits per heavy atom. The normalized spacial score (nSPS) is 10.0. The first kappa shape index (κ1) is 22.5. The molecule has 2 rings (SSSR count). The zero-order valence-corrected chi connectivity index (χ0v) is 16.6. The summed E-state index contributed by atoms with van der Waals surface area (Å²) in [6, 6.07) is 7.97. The molecule has 2 N–H and O–H groups in total. The predicted octanol–water partition coefficient (Wildman–Crippen LogP) is 1.76. The fourth-order valence-corrected chi connectivity index (χ4v) is 2.37. The van der Waals surface area contributed by atoms with Gasteiger partial charge in [-0.1, -0.05) is 0 Å². The predicted molar refractivity (Wildman–Crippen MR) is 104 cm³/mol. The molecule has 0 aliphatic carbocycles. The van der Waals surface area contributed by atoms with E-state index >= 15 is 0 Å². The molecule has 2 amide bonds. The van der Waals surface area contributed by atoms with Gasteiger partial charge < -0.3 is 29.6 Å². The minimum absolute atomic E-state index is 0.0389. The number of halogens is 1. The number of hydrogen-bond acceptors (Lipinski definition) is 7. The van der Waals surface area contributed by atoms with Crippen molar-refractivity contribution in [1.29, 1.82) is 0 Å². The number of esters is 1. The van der Waals surface area contributed by atoms with E-state index in [2.05, 4.69) is 10.6 Å². The van der Waals surface area contributed by atoms with Gasteiger partial charge in [0.15, 0.2) is 18.1 Å². The Kier molecular flexibility index (Phi) is 7.98. The number of anilines is 1. The SMILES string of the molecule is COc1cc(OC)c(C(=O)OCC(=O)NCC(=O)Nc2ccc(F)cc2)cc1OC. The average Bonchev–Trinajstić information content (AvgIpc) is 2.76. The molecule has 0 unspecified atom stereocenters. The molecule has 9 nitrogen and oxygen atoms in total. The summed E-state index contributed by atoms with van der Waals surface area (Å²) < 4.78 is 33.2. The Morgan fingerprint density at radius 3 is 2.07 bits per heavy atom. The van der Waals surface area contributed by atoms with E-state index in [0.717, 1.165) is 0 Å². The minimum Gasteiger partial charge on any atom is -0.496 e. The zero-order valence-electron chi connectivity index (χ0n) is 16.6. The smallest absolute Gasteiger partial charge is 0.342 e. The molecule has 0 bridgehead atoms. The lowest BCUT2D eigenvalue weighted by Crippen LogP contribution is -2.35. The summed E-state index contributed by atoms with van der Waals surface area (Å²) in [7, 11) is 4.21. The third-order valence-electron chi connectivity index (χ3n) is 3.83. The van der Waals surface area contributed by atoms with E-state index in [9.17, 15) is 18.8 Å². The van der Waals surface area contributed by atoms with Crippen LogP contribution in [0, 0.1) is 5.82 Å². The highest BCUT2D eigenvalue weighted by Gasteiger charge is 2.20. The number of methoxy groups -OCH3 is 3. The van der Waals surface area contributed by atoms with Crippen molar-refractivity contribution in [1.82, 2.24) is 5.32 Å². The number of nitrogens with one attached hydrogen (secondary N) is 2. The van der Waals surface area contributed by atoms with E-state index in [-0.39, 0.29) is 23.6 Å². The summed E-state index contributed by atoms with van der Waals surface area (Å²) in [5.74, 6) is -1.65. The molecule has 2 aromatic rings. The van der Waals surface area contributed by atoms with Crippen molar-refractivity contribution in [2.45, 2.75) is 0 Å². The Morgan fingerprint density at radius 2 is 1.47 bits per heavy atom. The molecule has 0 spiro atoms. The molecule has 160 valence electrons. The molecule has 10 heteroatoms. The van der Waals surface area contributed by atoms with Gasteiger partial charge in [-0.05, 0) is 24.3 Å².